The topological polar surface area (TPSA) is 108 Å². The second-order valence-electron chi connectivity index (χ2n) is 6.98. The van der Waals surface area contributed by atoms with E-state index in [9.17, 15) is 9.59 Å². The highest BCUT2D eigenvalue weighted by molar-refractivity contribution is 6.34. The van der Waals surface area contributed by atoms with E-state index in [0.29, 0.717) is 60.1 Å². The number of rotatable bonds is 13. The normalized spacial score (nSPS) is 11.7. The number of carbonyl (C=O) groups excluding carboxylic acids is 2. The van der Waals surface area contributed by atoms with Crippen molar-refractivity contribution in [2.75, 3.05) is 31.7 Å². The van der Waals surface area contributed by atoms with Crippen LogP contribution in [0.4, 0.5) is 11.4 Å². The highest BCUT2D eigenvalue weighted by Gasteiger charge is 2.26. The van der Waals surface area contributed by atoms with Gasteiger partial charge in [0.1, 0.15) is 33.7 Å². The van der Waals surface area contributed by atoms with Crippen molar-refractivity contribution in [1.82, 2.24) is 0 Å². The minimum absolute atomic E-state index is 0.187. The Morgan fingerprint density at radius 1 is 0.857 bits per heavy atom. The van der Waals surface area contributed by atoms with Crippen LogP contribution in [0.3, 0.4) is 0 Å². The number of hydrogen-bond acceptors (Lipinski definition) is 8. The van der Waals surface area contributed by atoms with Gasteiger partial charge in [-0.2, -0.15) is 10.2 Å². The van der Waals surface area contributed by atoms with Gasteiger partial charge >= 0.3 is 0 Å². The highest BCUT2D eigenvalue weighted by Crippen LogP contribution is 2.39. The summed E-state index contributed by atoms with van der Waals surface area (Å²) in [5.41, 5.74) is 0.502. The number of ether oxygens (including phenoxy) is 4. The van der Waals surface area contributed by atoms with Crippen molar-refractivity contribution in [1.29, 1.82) is 0 Å². The molecule has 0 saturated carbocycles. The van der Waals surface area contributed by atoms with E-state index < -0.39 is 17.7 Å². The minimum Gasteiger partial charge on any atom is -0.494 e. The molecular weight excluding hydrogens is 497 g/mol. The van der Waals surface area contributed by atoms with Crippen LogP contribution in [0.25, 0.3) is 0 Å². The van der Waals surface area contributed by atoms with Crippen LogP contribution in [-0.4, -0.2) is 44.2 Å². The molecule has 190 valence electrons. The minimum atomic E-state index is -1.44. The van der Waals surface area contributed by atoms with Crippen LogP contribution >= 0.6 is 23.2 Å². The van der Waals surface area contributed by atoms with Crippen molar-refractivity contribution in [3.63, 3.8) is 0 Å². The number of ketones is 1. The fourth-order valence-electron chi connectivity index (χ4n) is 2.97. The molecule has 0 aromatic heterocycles. The number of anilines is 1. The molecule has 1 unspecified atom stereocenters. The summed E-state index contributed by atoms with van der Waals surface area (Å²) in [4.78, 5) is 25.2. The molecule has 1 amide bonds. The van der Waals surface area contributed by atoms with Gasteiger partial charge in [-0.1, -0.05) is 23.2 Å². The van der Waals surface area contributed by atoms with Gasteiger partial charge in [-0.05, 0) is 34.6 Å². The fraction of sp³-hybridized carbons (Fsp3) is 0.417. The quantitative estimate of drug-likeness (QED) is 0.244. The smallest absolute Gasteiger partial charge is 0.258 e. The van der Waals surface area contributed by atoms with Crippen molar-refractivity contribution >= 4 is 46.3 Å². The summed E-state index contributed by atoms with van der Waals surface area (Å²) in [7, 11) is 0. The lowest BCUT2D eigenvalue weighted by molar-refractivity contribution is -0.126. The Bertz CT molecular complexity index is 1050. The number of amides is 1. The van der Waals surface area contributed by atoms with Gasteiger partial charge in [0.2, 0.25) is 6.04 Å². The summed E-state index contributed by atoms with van der Waals surface area (Å²) in [5, 5.41) is 11.2. The zero-order valence-electron chi connectivity index (χ0n) is 20.3. The van der Waals surface area contributed by atoms with Crippen molar-refractivity contribution in [2.45, 2.75) is 40.7 Å². The van der Waals surface area contributed by atoms with Gasteiger partial charge < -0.3 is 24.3 Å². The molecule has 1 N–H and O–H groups in total. The van der Waals surface area contributed by atoms with Crippen molar-refractivity contribution in [3.8, 4) is 23.0 Å². The molecule has 9 nitrogen and oxygen atoms in total. The van der Waals surface area contributed by atoms with Crippen LogP contribution in [0.1, 0.15) is 34.6 Å². The van der Waals surface area contributed by atoms with Crippen LogP contribution in [0.5, 0.6) is 23.0 Å². The van der Waals surface area contributed by atoms with E-state index in [1.165, 1.54) is 6.92 Å². The number of benzene rings is 2. The monoisotopic (exact) mass is 525 g/mol. The van der Waals surface area contributed by atoms with E-state index >= 15 is 0 Å². The first-order valence-corrected chi connectivity index (χ1v) is 11.9. The first-order valence-electron chi connectivity index (χ1n) is 11.2. The summed E-state index contributed by atoms with van der Waals surface area (Å²) in [6, 6.07) is 4.81. The molecule has 0 aliphatic carbocycles. The predicted molar refractivity (Wildman–Crippen MR) is 135 cm³/mol. The zero-order valence-corrected chi connectivity index (χ0v) is 21.8. The molecule has 0 saturated heterocycles. The number of halogens is 2. The third-order valence-electron chi connectivity index (χ3n) is 4.40. The van der Waals surface area contributed by atoms with Crippen LogP contribution < -0.4 is 24.3 Å². The van der Waals surface area contributed by atoms with Gasteiger partial charge in [0.25, 0.3) is 5.91 Å². The molecular formula is C24H29Cl2N3O6. The summed E-state index contributed by atoms with van der Waals surface area (Å²) >= 11 is 12.7. The van der Waals surface area contributed by atoms with Gasteiger partial charge in [-0.15, -0.1) is 0 Å². The standard InChI is InChI=1S/C24H29Cl2N3O6/c1-6-32-16-12-17(25)23(20(13-16)35-9-4)27-24(31)22(14(5)30)29-28-15-10-18(33-7-2)21(26)19(11-15)34-8-3/h10-13,22H,6-9H2,1-5H3,(H,27,31). The Balaban J connectivity index is 2.36. The molecule has 1 atom stereocenters. The molecule has 0 bridgehead atoms. The van der Waals surface area contributed by atoms with Crippen LogP contribution in [0, 0.1) is 0 Å². The molecule has 0 aliphatic heterocycles. The Kier molecular flexibility index (Phi) is 11.1. The largest absolute Gasteiger partial charge is 0.494 e. The molecule has 2 rings (SSSR count). The Hall–Kier alpha value is -3.04. The lowest BCUT2D eigenvalue weighted by atomic mass is 10.2. The first-order chi connectivity index (χ1) is 16.7. The molecule has 0 aliphatic rings. The predicted octanol–water partition coefficient (Wildman–Crippen LogP) is 6.27. The third kappa shape index (κ3) is 7.73. The number of nitrogens with one attached hydrogen (secondary N) is 1. The third-order valence-corrected chi connectivity index (χ3v) is 5.07. The summed E-state index contributed by atoms with van der Waals surface area (Å²) in [6.45, 7) is 9.98. The van der Waals surface area contributed by atoms with Crippen molar-refractivity contribution < 1.29 is 28.5 Å². The number of nitrogens with zero attached hydrogens (tertiary/aromatic N) is 2. The van der Waals surface area contributed by atoms with E-state index in [2.05, 4.69) is 15.5 Å². The van der Waals surface area contributed by atoms with E-state index in [-0.39, 0.29) is 10.7 Å². The van der Waals surface area contributed by atoms with Crippen molar-refractivity contribution in [2.24, 2.45) is 10.2 Å². The molecule has 0 spiro atoms. The summed E-state index contributed by atoms with van der Waals surface area (Å²) < 4.78 is 22.1. The average Bonchev–Trinajstić information content (AvgIpc) is 2.79. The Morgan fingerprint density at radius 3 is 1.91 bits per heavy atom. The van der Waals surface area contributed by atoms with Crippen LogP contribution in [0.2, 0.25) is 10.0 Å². The average molecular weight is 526 g/mol. The van der Waals surface area contributed by atoms with Crippen LogP contribution in [0.15, 0.2) is 34.5 Å². The molecule has 0 fully saturated rings. The number of carbonyl (C=O) groups is 2. The molecule has 0 radical (unpaired) electrons. The molecule has 11 heteroatoms. The van der Waals surface area contributed by atoms with Crippen molar-refractivity contribution in [3.05, 3.63) is 34.3 Å². The maximum absolute atomic E-state index is 13.0. The fourth-order valence-corrected chi connectivity index (χ4v) is 3.44. The lowest BCUT2D eigenvalue weighted by Gasteiger charge is -2.16. The molecule has 2 aromatic rings. The second-order valence-corrected chi connectivity index (χ2v) is 7.77. The zero-order chi connectivity index (χ0) is 26.0. The van der Waals surface area contributed by atoms with Gasteiger partial charge in [0.05, 0.1) is 37.1 Å². The van der Waals surface area contributed by atoms with Gasteiger partial charge in [0, 0.05) is 24.3 Å². The van der Waals surface area contributed by atoms with Gasteiger partial charge in [0.15, 0.2) is 5.78 Å². The van der Waals surface area contributed by atoms with Gasteiger partial charge in [-0.3, -0.25) is 9.59 Å². The second kappa shape index (κ2) is 13.7. The number of Topliss-reactive ketones (excluding diaryl/α,β-unsaturated/α-hetero) is 1. The van der Waals surface area contributed by atoms with E-state index in [4.69, 9.17) is 42.1 Å². The summed E-state index contributed by atoms with van der Waals surface area (Å²) in [5.74, 6) is 0.240. The Morgan fingerprint density at radius 2 is 1.40 bits per heavy atom. The number of azo groups is 1. The van der Waals surface area contributed by atoms with E-state index in [1.54, 1.807) is 31.2 Å². The lowest BCUT2D eigenvalue weighted by Crippen LogP contribution is -2.32. The highest BCUT2D eigenvalue weighted by atomic mass is 35.5. The van der Waals surface area contributed by atoms with E-state index in [1.807, 2.05) is 20.8 Å². The molecule has 35 heavy (non-hydrogen) atoms. The SMILES string of the molecule is CCOc1cc(Cl)c(NC(=O)C(N=Nc2cc(OCC)c(Cl)c(OCC)c2)C(C)=O)c(OCC)c1. The molecule has 2 aromatic carbocycles. The van der Waals surface area contributed by atoms with Crippen LogP contribution in [-0.2, 0) is 9.59 Å². The maximum atomic E-state index is 13.0. The first kappa shape index (κ1) is 28.2. The molecule has 0 heterocycles. The Labute approximate surface area is 214 Å². The maximum Gasteiger partial charge on any atom is 0.258 e. The van der Waals surface area contributed by atoms with Gasteiger partial charge in [-0.25, -0.2) is 0 Å². The van der Waals surface area contributed by atoms with E-state index in [0.717, 1.165) is 0 Å². The number of hydrogen-bond donors (Lipinski definition) is 1. The summed E-state index contributed by atoms with van der Waals surface area (Å²) in [6.07, 6.45) is 0.